The molecule has 9 aliphatic rings. The number of hydrogen-bond acceptors (Lipinski definition) is 8. The summed E-state index contributed by atoms with van der Waals surface area (Å²) >= 11 is 0. The quantitative estimate of drug-likeness (QED) is 0.501. The minimum Gasteiger partial charge on any atom is -0.464 e. The minimum atomic E-state index is -0.362. The lowest BCUT2D eigenvalue weighted by Gasteiger charge is -2.59. The number of rotatable bonds is 6. The molecule has 9 rings (SSSR count). The van der Waals surface area contributed by atoms with Crippen LogP contribution in [0.4, 0.5) is 0 Å². The van der Waals surface area contributed by atoms with Gasteiger partial charge in [0.1, 0.15) is 6.10 Å². The Morgan fingerprint density at radius 3 is 2.08 bits per heavy atom. The van der Waals surface area contributed by atoms with Crippen LogP contribution in [-0.2, 0) is 33.3 Å². The van der Waals surface area contributed by atoms with Crippen LogP contribution in [0.5, 0.6) is 0 Å². The average Bonchev–Trinajstić information content (AvgIpc) is 3.14. The lowest BCUT2D eigenvalue weighted by Crippen LogP contribution is -2.59. The molecule has 3 saturated heterocycles. The standard InChI is InChI=1S/C12H18O3.C12H20O2.C6H10O3/c1-2-14-12-5-8-3-9(6-12)11(13)15-10(4-8)7-12;1-2-14-12-6-9-3-10(7-12)5-11(13,4-9)8-12;1-2-8-5-3-4-9-6(5)7/h8-10H,2-7H2,1H3;9-10,13H,2-8H2,1H3;5H,2-4H2,1H3. The van der Waals surface area contributed by atoms with Gasteiger partial charge in [-0.2, -0.15) is 0 Å². The molecule has 0 aromatic heterocycles. The van der Waals surface area contributed by atoms with Crippen LogP contribution < -0.4 is 0 Å². The van der Waals surface area contributed by atoms with Gasteiger partial charge in [0.15, 0.2) is 6.10 Å². The van der Waals surface area contributed by atoms with Crippen LogP contribution in [-0.4, -0.2) is 72.5 Å². The normalized spacial score (nSPS) is 45.5. The zero-order chi connectivity index (χ0) is 27.0. The first-order chi connectivity index (χ1) is 18.2. The number of carbonyl (C=O) groups excluding carboxylic acids is 2. The van der Waals surface area contributed by atoms with E-state index >= 15 is 0 Å². The van der Waals surface area contributed by atoms with Crippen LogP contribution in [0.1, 0.15) is 97.8 Å². The molecule has 9 fully saturated rings. The molecular formula is C30H48O8. The molecule has 8 bridgehead atoms. The molecule has 3 heterocycles. The van der Waals surface area contributed by atoms with Crippen LogP contribution >= 0.6 is 0 Å². The van der Waals surface area contributed by atoms with E-state index in [2.05, 4.69) is 11.7 Å². The Labute approximate surface area is 227 Å². The Balaban J connectivity index is 0.000000120. The fraction of sp³-hybridized carbons (Fsp3) is 0.933. The number of aliphatic hydroxyl groups is 1. The molecule has 3 aliphatic heterocycles. The van der Waals surface area contributed by atoms with Crippen molar-refractivity contribution < 1.29 is 38.4 Å². The third-order valence-electron chi connectivity index (χ3n) is 9.84. The summed E-state index contributed by atoms with van der Waals surface area (Å²) < 4.78 is 27.1. The van der Waals surface area contributed by atoms with Gasteiger partial charge in [0, 0.05) is 39.1 Å². The Hall–Kier alpha value is -1.22. The molecule has 216 valence electrons. The van der Waals surface area contributed by atoms with Crippen LogP contribution in [0.2, 0.25) is 0 Å². The second-order valence-corrected chi connectivity index (χ2v) is 13.0. The predicted octanol–water partition coefficient (Wildman–Crippen LogP) is 4.34. The summed E-state index contributed by atoms with van der Waals surface area (Å²) in [4.78, 5) is 22.3. The Morgan fingerprint density at radius 1 is 0.789 bits per heavy atom. The second-order valence-electron chi connectivity index (χ2n) is 13.0. The molecule has 7 unspecified atom stereocenters. The molecule has 0 aromatic rings. The first-order valence-corrected chi connectivity index (χ1v) is 15.2. The molecule has 0 aromatic carbocycles. The molecule has 6 aliphatic carbocycles. The van der Waals surface area contributed by atoms with Crippen molar-refractivity contribution in [2.45, 2.75) is 127 Å². The number of fused-ring (bicyclic) bond motifs is 1. The predicted molar refractivity (Wildman–Crippen MR) is 139 cm³/mol. The highest BCUT2D eigenvalue weighted by atomic mass is 16.6. The van der Waals surface area contributed by atoms with E-state index in [1.54, 1.807) is 0 Å². The van der Waals surface area contributed by atoms with Gasteiger partial charge in [-0.25, -0.2) is 4.79 Å². The second kappa shape index (κ2) is 11.3. The SMILES string of the molecule is CCOC12CC3CC(C1)OC(=O)C(C3)C2.CCOC12CC3CC(CC(O)(C3)C1)C2.CCOC1CCOC1=O. The van der Waals surface area contributed by atoms with Gasteiger partial charge < -0.3 is 28.8 Å². The number of ether oxygens (including phenoxy) is 5. The molecule has 38 heavy (non-hydrogen) atoms. The molecular weight excluding hydrogens is 488 g/mol. The molecule has 6 saturated carbocycles. The van der Waals surface area contributed by atoms with E-state index in [0.29, 0.717) is 25.6 Å². The highest BCUT2D eigenvalue weighted by molar-refractivity contribution is 5.76. The molecule has 8 heteroatoms. The van der Waals surface area contributed by atoms with Crippen molar-refractivity contribution in [1.82, 2.24) is 0 Å². The fourth-order valence-electron chi connectivity index (χ4n) is 9.29. The van der Waals surface area contributed by atoms with Crippen LogP contribution in [0.3, 0.4) is 0 Å². The third-order valence-corrected chi connectivity index (χ3v) is 9.84. The van der Waals surface area contributed by atoms with Gasteiger partial charge >= 0.3 is 11.9 Å². The van der Waals surface area contributed by atoms with Crippen LogP contribution in [0.25, 0.3) is 0 Å². The zero-order valence-corrected chi connectivity index (χ0v) is 23.6. The van der Waals surface area contributed by atoms with Gasteiger partial charge in [-0.05, 0) is 96.3 Å². The zero-order valence-electron chi connectivity index (χ0n) is 23.6. The smallest absolute Gasteiger partial charge is 0.335 e. The van der Waals surface area contributed by atoms with Crippen molar-refractivity contribution in [2.75, 3.05) is 26.4 Å². The summed E-state index contributed by atoms with van der Waals surface area (Å²) in [7, 11) is 0. The summed E-state index contributed by atoms with van der Waals surface area (Å²) in [6, 6.07) is 0. The van der Waals surface area contributed by atoms with Gasteiger partial charge in [-0.1, -0.05) is 0 Å². The average molecular weight is 537 g/mol. The van der Waals surface area contributed by atoms with Crippen LogP contribution in [0.15, 0.2) is 0 Å². The molecule has 0 amide bonds. The Morgan fingerprint density at radius 2 is 1.47 bits per heavy atom. The van der Waals surface area contributed by atoms with E-state index in [-0.39, 0.29) is 46.9 Å². The van der Waals surface area contributed by atoms with E-state index in [4.69, 9.17) is 18.9 Å². The van der Waals surface area contributed by atoms with Gasteiger partial charge in [-0.3, -0.25) is 4.79 Å². The van der Waals surface area contributed by atoms with E-state index in [1.807, 2.05) is 13.8 Å². The maximum absolute atomic E-state index is 11.7. The van der Waals surface area contributed by atoms with Gasteiger partial charge in [0.2, 0.25) is 0 Å². The minimum absolute atomic E-state index is 0.0303. The molecule has 8 nitrogen and oxygen atoms in total. The lowest BCUT2D eigenvalue weighted by atomic mass is 9.52. The summed E-state index contributed by atoms with van der Waals surface area (Å²) in [6.45, 7) is 8.63. The highest BCUT2D eigenvalue weighted by Crippen LogP contribution is 2.58. The van der Waals surface area contributed by atoms with Gasteiger partial charge in [0.25, 0.3) is 0 Å². The van der Waals surface area contributed by atoms with Crippen molar-refractivity contribution in [3.63, 3.8) is 0 Å². The summed E-state index contributed by atoms with van der Waals surface area (Å²) in [5, 5.41) is 10.4. The molecule has 7 atom stereocenters. The lowest BCUT2D eigenvalue weighted by molar-refractivity contribution is -0.218. The van der Waals surface area contributed by atoms with Crippen molar-refractivity contribution >= 4 is 11.9 Å². The Bertz CT molecular complexity index is 845. The van der Waals surface area contributed by atoms with Crippen molar-refractivity contribution in [2.24, 2.45) is 23.7 Å². The molecule has 0 radical (unpaired) electrons. The summed E-state index contributed by atoms with van der Waals surface area (Å²) in [5.74, 6) is 2.07. The van der Waals surface area contributed by atoms with E-state index in [0.717, 1.165) is 76.4 Å². The van der Waals surface area contributed by atoms with E-state index in [9.17, 15) is 14.7 Å². The number of esters is 2. The Kier molecular flexibility index (Phi) is 8.45. The summed E-state index contributed by atoms with van der Waals surface area (Å²) in [5.41, 5.74) is -0.329. The molecule has 0 spiro atoms. The maximum atomic E-state index is 11.7. The van der Waals surface area contributed by atoms with E-state index in [1.165, 1.54) is 19.3 Å². The third kappa shape index (κ3) is 6.08. The van der Waals surface area contributed by atoms with Crippen molar-refractivity contribution in [1.29, 1.82) is 0 Å². The first kappa shape index (κ1) is 28.3. The summed E-state index contributed by atoms with van der Waals surface area (Å²) in [6.07, 6.45) is 12.4. The van der Waals surface area contributed by atoms with Crippen molar-refractivity contribution in [3.8, 4) is 0 Å². The highest BCUT2D eigenvalue weighted by Gasteiger charge is 2.58. The first-order valence-electron chi connectivity index (χ1n) is 15.2. The number of carbonyl (C=O) groups is 2. The fourth-order valence-corrected chi connectivity index (χ4v) is 9.29. The van der Waals surface area contributed by atoms with Crippen LogP contribution in [0, 0.1) is 23.7 Å². The largest absolute Gasteiger partial charge is 0.464 e. The monoisotopic (exact) mass is 536 g/mol. The number of cyclic esters (lactones) is 1. The van der Waals surface area contributed by atoms with Gasteiger partial charge in [0.05, 0.1) is 29.3 Å². The topological polar surface area (TPSA) is 101 Å². The number of hydrogen-bond donors (Lipinski definition) is 1. The van der Waals surface area contributed by atoms with Crippen molar-refractivity contribution in [3.05, 3.63) is 0 Å². The molecule has 1 N–H and O–H groups in total. The maximum Gasteiger partial charge on any atom is 0.335 e. The van der Waals surface area contributed by atoms with E-state index < -0.39 is 0 Å². The van der Waals surface area contributed by atoms with Gasteiger partial charge in [-0.15, -0.1) is 0 Å².